The molecule has 1 heterocycles. The molecule has 0 bridgehead atoms. The molecule has 1 aliphatic heterocycles. The van der Waals surface area contributed by atoms with Gasteiger partial charge >= 0.3 is 6.18 Å². The van der Waals surface area contributed by atoms with Crippen molar-refractivity contribution in [2.45, 2.75) is 23.1 Å². The first-order valence-electron chi connectivity index (χ1n) is 6.15. The van der Waals surface area contributed by atoms with Crippen molar-refractivity contribution in [3.05, 3.63) is 29.3 Å². The Hall–Kier alpha value is -1.27. The Morgan fingerprint density at radius 1 is 1.43 bits per heavy atom. The molecule has 1 atom stereocenters. The van der Waals surface area contributed by atoms with E-state index in [9.17, 15) is 18.3 Å². The lowest BCUT2D eigenvalue weighted by Gasteiger charge is -2.20. The number of rotatable bonds is 3. The first kappa shape index (κ1) is 16.1. The topological polar surface area (TPSA) is 67.5 Å². The van der Waals surface area contributed by atoms with Gasteiger partial charge in [0.1, 0.15) is 11.7 Å². The third-order valence-electron chi connectivity index (χ3n) is 3.25. The maximum atomic E-state index is 12.6. The molecule has 21 heavy (non-hydrogen) atoms. The van der Waals surface area contributed by atoms with Gasteiger partial charge in [-0.05, 0) is 36.6 Å². The molecule has 1 fully saturated rings. The van der Waals surface area contributed by atoms with Gasteiger partial charge in [0.05, 0.1) is 17.7 Å². The summed E-state index contributed by atoms with van der Waals surface area (Å²) in [5, 5.41) is 28.0. The fourth-order valence-electron chi connectivity index (χ4n) is 2.04. The molecular weight excluding hydrogens is 305 g/mol. The van der Waals surface area contributed by atoms with Gasteiger partial charge in [0.25, 0.3) is 0 Å². The van der Waals surface area contributed by atoms with Gasteiger partial charge in [-0.25, -0.2) is 4.31 Å². The van der Waals surface area contributed by atoms with Crippen molar-refractivity contribution in [1.29, 1.82) is 5.26 Å². The van der Waals surface area contributed by atoms with Crippen LogP contribution in [0.25, 0.3) is 0 Å². The van der Waals surface area contributed by atoms with Crippen LogP contribution >= 0.6 is 11.9 Å². The summed E-state index contributed by atoms with van der Waals surface area (Å²) in [5.41, 5.74) is -2.11. The maximum absolute atomic E-state index is 12.6. The van der Waals surface area contributed by atoms with Crippen LogP contribution in [0.2, 0.25) is 0 Å². The number of hydrogen-bond donors (Lipinski definition) is 2. The maximum Gasteiger partial charge on any atom is 0.416 e. The van der Waals surface area contributed by atoms with Crippen LogP contribution in [0, 0.1) is 11.3 Å². The quantitative estimate of drug-likeness (QED) is 0.835. The largest absolute Gasteiger partial charge is 0.416 e. The third kappa shape index (κ3) is 3.68. The van der Waals surface area contributed by atoms with Gasteiger partial charge in [-0.3, -0.25) is 0 Å². The summed E-state index contributed by atoms with van der Waals surface area (Å²) < 4.78 is 39.5. The summed E-state index contributed by atoms with van der Waals surface area (Å²) >= 11 is 1.11. The first-order valence-corrected chi connectivity index (χ1v) is 6.92. The molecular formula is C13H13F3N2O2S. The minimum atomic E-state index is -4.49. The van der Waals surface area contributed by atoms with E-state index < -0.39 is 17.3 Å². The summed E-state index contributed by atoms with van der Waals surface area (Å²) in [6.45, 7) is 0.301. The summed E-state index contributed by atoms with van der Waals surface area (Å²) in [7, 11) is 0. The zero-order chi connectivity index (χ0) is 15.7. The van der Waals surface area contributed by atoms with E-state index in [1.807, 2.05) is 0 Å². The van der Waals surface area contributed by atoms with E-state index in [0.717, 1.165) is 24.1 Å². The molecule has 1 aromatic rings. The van der Waals surface area contributed by atoms with Gasteiger partial charge in [-0.1, -0.05) is 0 Å². The molecule has 0 aromatic heterocycles. The fraction of sp³-hybridized carbons (Fsp3) is 0.462. The number of aliphatic hydroxyl groups excluding tert-OH is 1. The second kappa shape index (κ2) is 5.85. The van der Waals surface area contributed by atoms with E-state index in [4.69, 9.17) is 10.4 Å². The highest BCUT2D eigenvalue weighted by atomic mass is 32.2. The van der Waals surface area contributed by atoms with Gasteiger partial charge in [0.15, 0.2) is 0 Å². The molecule has 2 N–H and O–H groups in total. The Bertz CT molecular complexity index is 574. The predicted molar refractivity (Wildman–Crippen MR) is 70.2 cm³/mol. The molecule has 0 spiro atoms. The van der Waals surface area contributed by atoms with Gasteiger partial charge < -0.3 is 10.2 Å². The number of alkyl halides is 3. The average molecular weight is 318 g/mol. The second-order valence-corrected chi connectivity index (χ2v) is 6.05. The van der Waals surface area contributed by atoms with Crippen molar-refractivity contribution in [2.75, 3.05) is 19.7 Å². The van der Waals surface area contributed by atoms with Crippen LogP contribution in [-0.4, -0.2) is 39.8 Å². The van der Waals surface area contributed by atoms with Gasteiger partial charge in [-0.2, -0.15) is 18.4 Å². The highest BCUT2D eigenvalue weighted by molar-refractivity contribution is 7.97. The predicted octanol–water partition coefficient (Wildman–Crippen LogP) is 2.01. The van der Waals surface area contributed by atoms with Crippen LogP contribution in [0.5, 0.6) is 0 Å². The number of nitriles is 1. The van der Waals surface area contributed by atoms with Crippen LogP contribution in [0.1, 0.15) is 17.5 Å². The minimum Gasteiger partial charge on any atom is -0.393 e. The molecule has 114 valence electrons. The summed E-state index contributed by atoms with van der Waals surface area (Å²) in [6.07, 6.45) is -4.11. The molecule has 0 amide bonds. The zero-order valence-corrected chi connectivity index (χ0v) is 11.7. The van der Waals surface area contributed by atoms with Crippen molar-refractivity contribution >= 4 is 11.9 Å². The Labute approximate surface area is 123 Å². The molecule has 2 rings (SSSR count). The minimum absolute atomic E-state index is 0.0609. The van der Waals surface area contributed by atoms with Crippen molar-refractivity contribution in [3.8, 4) is 6.07 Å². The van der Waals surface area contributed by atoms with Gasteiger partial charge in [-0.15, -0.1) is 0 Å². The normalized spacial score (nSPS) is 23.2. The number of β-amino-alcohol motifs (C(OH)–C–C–N with tert-alkyl or cyclic N) is 1. The highest BCUT2D eigenvalue weighted by Gasteiger charge is 2.36. The molecule has 0 aliphatic carbocycles. The lowest BCUT2D eigenvalue weighted by molar-refractivity contribution is -0.137. The SMILES string of the molecule is N#Cc1cc(C(F)(F)F)ccc1SN1CCC(O)(CO)C1. The Kier molecular flexibility index (Phi) is 4.49. The summed E-state index contributed by atoms with van der Waals surface area (Å²) in [6, 6.07) is 4.75. The van der Waals surface area contributed by atoms with Crippen LogP contribution < -0.4 is 0 Å². The second-order valence-electron chi connectivity index (χ2n) is 4.91. The van der Waals surface area contributed by atoms with Gasteiger partial charge in [0, 0.05) is 18.0 Å². The molecule has 0 radical (unpaired) electrons. The smallest absolute Gasteiger partial charge is 0.393 e. The third-order valence-corrected chi connectivity index (χ3v) is 4.37. The van der Waals surface area contributed by atoms with Crippen molar-refractivity contribution in [1.82, 2.24) is 4.31 Å². The molecule has 1 aromatic carbocycles. The van der Waals surface area contributed by atoms with Crippen molar-refractivity contribution in [2.24, 2.45) is 0 Å². The van der Waals surface area contributed by atoms with Crippen LogP contribution in [-0.2, 0) is 6.18 Å². The number of hydrogen-bond acceptors (Lipinski definition) is 5. The van der Waals surface area contributed by atoms with Crippen LogP contribution in [0.3, 0.4) is 0 Å². The average Bonchev–Trinajstić information content (AvgIpc) is 2.80. The number of aliphatic hydroxyl groups is 2. The number of nitrogens with zero attached hydrogens (tertiary/aromatic N) is 2. The summed E-state index contributed by atoms with van der Waals surface area (Å²) in [4.78, 5) is 0.396. The number of halogens is 3. The fourth-order valence-corrected chi connectivity index (χ4v) is 3.14. The molecule has 1 saturated heterocycles. The zero-order valence-electron chi connectivity index (χ0n) is 10.9. The first-order chi connectivity index (χ1) is 9.77. The standard InChI is InChI=1S/C13H13F3N2O2S/c14-13(15,16)10-1-2-11(9(5-10)6-17)21-18-4-3-12(20,7-18)8-19/h1-2,5,19-20H,3-4,7-8H2. The number of benzene rings is 1. The highest BCUT2D eigenvalue weighted by Crippen LogP contribution is 2.36. The van der Waals surface area contributed by atoms with E-state index in [2.05, 4.69) is 0 Å². The lowest BCUT2D eigenvalue weighted by Crippen LogP contribution is -2.35. The molecule has 4 nitrogen and oxygen atoms in total. The Balaban J connectivity index is 2.17. The van der Waals surface area contributed by atoms with Crippen molar-refractivity contribution in [3.63, 3.8) is 0 Å². The Morgan fingerprint density at radius 2 is 2.14 bits per heavy atom. The Morgan fingerprint density at radius 3 is 2.67 bits per heavy atom. The molecule has 1 unspecified atom stereocenters. The molecule has 0 saturated carbocycles. The van der Waals surface area contributed by atoms with E-state index >= 15 is 0 Å². The summed E-state index contributed by atoms with van der Waals surface area (Å²) in [5.74, 6) is 0. The van der Waals surface area contributed by atoms with Crippen molar-refractivity contribution < 1.29 is 23.4 Å². The molecule has 8 heteroatoms. The van der Waals surface area contributed by atoms with E-state index in [-0.39, 0.29) is 18.7 Å². The van der Waals surface area contributed by atoms with Gasteiger partial charge in [0.2, 0.25) is 0 Å². The van der Waals surface area contributed by atoms with E-state index in [1.165, 1.54) is 6.07 Å². The van der Waals surface area contributed by atoms with E-state index in [1.54, 1.807) is 10.4 Å². The van der Waals surface area contributed by atoms with E-state index in [0.29, 0.717) is 17.9 Å². The van der Waals surface area contributed by atoms with Crippen LogP contribution in [0.15, 0.2) is 23.1 Å². The van der Waals surface area contributed by atoms with Crippen LogP contribution in [0.4, 0.5) is 13.2 Å². The molecule has 1 aliphatic rings. The lowest BCUT2D eigenvalue weighted by atomic mass is 10.1. The monoisotopic (exact) mass is 318 g/mol.